The summed E-state index contributed by atoms with van der Waals surface area (Å²) >= 11 is 13.2. The molecule has 0 fully saturated rings. The van der Waals surface area contributed by atoms with Gasteiger partial charge in [-0.25, -0.2) is 4.98 Å². The second-order valence-corrected chi connectivity index (χ2v) is 10.3. The van der Waals surface area contributed by atoms with Crippen LogP contribution in [0.5, 0.6) is 11.6 Å². The Morgan fingerprint density at radius 3 is 2.62 bits per heavy atom. The summed E-state index contributed by atoms with van der Waals surface area (Å²) < 4.78 is 18.1. The number of nitrogens with zero attached hydrogens (tertiary/aromatic N) is 2. The van der Waals surface area contributed by atoms with Crippen molar-refractivity contribution in [1.29, 1.82) is 0 Å². The minimum Gasteiger partial charge on any atom is -0.489 e. The quantitative estimate of drug-likeness (QED) is 0.246. The van der Waals surface area contributed by atoms with Crippen molar-refractivity contribution in [3.05, 3.63) is 86.2 Å². The zero-order chi connectivity index (χ0) is 26.3. The van der Waals surface area contributed by atoms with E-state index >= 15 is 0 Å². The van der Waals surface area contributed by atoms with Gasteiger partial charge in [0.15, 0.2) is 0 Å². The van der Waals surface area contributed by atoms with Gasteiger partial charge in [0.05, 0.1) is 34.5 Å². The zero-order valence-corrected chi connectivity index (χ0v) is 22.7. The van der Waals surface area contributed by atoms with E-state index in [1.54, 1.807) is 11.0 Å². The highest BCUT2D eigenvalue weighted by Crippen LogP contribution is 2.40. The van der Waals surface area contributed by atoms with E-state index in [1.807, 2.05) is 64.1 Å². The van der Waals surface area contributed by atoms with Crippen molar-refractivity contribution in [2.45, 2.75) is 53.4 Å². The van der Waals surface area contributed by atoms with E-state index in [9.17, 15) is 4.79 Å². The Morgan fingerprint density at radius 1 is 1.14 bits per heavy atom. The van der Waals surface area contributed by atoms with Gasteiger partial charge in [-0.15, -0.1) is 0 Å². The van der Waals surface area contributed by atoms with Gasteiger partial charge in [-0.05, 0) is 51.3 Å². The van der Waals surface area contributed by atoms with Crippen LogP contribution in [0.1, 0.15) is 52.3 Å². The first-order chi connectivity index (χ1) is 17.7. The molecule has 5 rings (SSSR count). The van der Waals surface area contributed by atoms with Crippen LogP contribution in [0.4, 0.5) is 0 Å². The van der Waals surface area contributed by atoms with E-state index in [2.05, 4.69) is 0 Å². The number of rotatable bonds is 7. The summed E-state index contributed by atoms with van der Waals surface area (Å²) in [5.41, 5.74) is 4.34. The highest BCUT2D eigenvalue weighted by Gasteiger charge is 2.32. The summed E-state index contributed by atoms with van der Waals surface area (Å²) in [4.78, 5) is 20.3. The monoisotopic (exact) mass is 538 g/mol. The van der Waals surface area contributed by atoms with Crippen LogP contribution in [0.3, 0.4) is 0 Å². The number of benzene rings is 2. The van der Waals surface area contributed by atoms with Gasteiger partial charge in [0.2, 0.25) is 5.88 Å². The lowest BCUT2D eigenvalue weighted by Gasteiger charge is -2.31. The molecule has 4 aromatic rings. The maximum Gasteiger partial charge on any atom is 0.256 e. The van der Waals surface area contributed by atoms with Crippen LogP contribution in [0.2, 0.25) is 10.0 Å². The maximum absolute atomic E-state index is 13.8. The van der Waals surface area contributed by atoms with Crippen molar-refractivity contribution < 1.29 is 18.7 Å². The van der Waals surface area contributed by atoms with Crippen molar-refractivity contribution in [3.8, 4) is 11.6 Å². The molecule has 0 spiro atoms. The van der Waals surface area contributed by atoms with Crippen LogP contribution in [0.25, 0.3) is 11.0 Å². The first-order valence-electron chi connectivity index (χ1n) is 12.3. The average Bonchev–Trinajstić information content (AvgIpc) is 3.26. The molecule has 0 aliphatic carbocycles. The Bertz CT molecular complexity index is 1480. The van der Waals surface area contributed by atoms with Crippen LogP contribution in [0, 0.1) is 13.8 Å². The highest BCUT2D eigenvalue weighted by molar-refractivity contribution is 6.38. The van der Waals surface area contributed by atoms with Gasteiger partial charge in [-0.3, -0.25) is 4.79 Å². The largest absolute Gasteiger partial charge is 0.489 e. The number of furan rings is 1. The SMILES string of the molecule is Cc1cc2c(C)nc(OCc3ccccc3)c(CN3CCc4c(Cl)cc(OC(C)C)c(Cl)c4C3=O)c2o1. The standard InChI is InChI=1S/C29H28Cl2N2O4/c1-16(2)36-24-13-23(30)20-10-11-33(29(34)25(20)26(24)31)14-22-27-21(12-17(3)37-27)18(4)32-28(22)35-15-19-8-6-5-7-9-19/h5-9,12-13,16H,10-11,14-15H2,1-4H3. The zero-order valence-electron chi connectivity index (χ0n) is 21.2. The number of pyridine rings is 1. The molecule has 0 atom stereocenters. The molecule has 1 aliphatic heterocycles. The molecule has 37 heavy (non-hydrogen) atoms. The van der Waals surface area contributed by atoms with Crippen LogP contribution in [-0.4, -0.2) is 28.4 Å². The molecule has 2 aromatic carbocycles. The Balaban J connectivity index is 1.52. The fourth-order valence-corrected chi connectivity index (χ4v) is 5.25. The number of ether oxygens (including phenoxy) is 2. The fraction of sp³-hybridized carbons (Fsp3) is 0.310. The van der Waals surface area contributed by atoms with Crippen LogP contribution in [-0.2, 0) is 19.6 Å². The van der Waals surface area contributed by atoms with Gasteiger partial charge in [-0.1, -0.05) is 53.5 Å². The van der Waals surface area contributed by atoms with E-state index in [0.717, 1.165) is 33.5 Å². The van der Waals surface area contributed by atoms with Gasteiger partial charge < -0.3 is 18.8 Å². The summed E-state index contributed by atoms with van der Waals surface area (Å²) in [6, 6.07) is 13.5. The van der Waals surface area contributed by atoms with Gasteiger partial charge in [-0.2, -0.15) is 0 Å². The minimum atomic E-state index is -0.214. The van der Waals surface area contributed by atoms with Gasteiger partial charge in [0, 0.05) is 23.0 Å². The number of halogens is 2. The number of hydrogen-bond acceptors (Lipinski definition) is 5. The maximum atomic E-state index is 13.8. The average molecular weight is 539 g/mol. The number of hydrogen-bond donors (Lipinski definition) is 0. The second-order valence-electron chi connectivity index (χ2n) is 9.52. The fourth-order valence-electron chi connectivity index (χ4n) is 4.66. The van der Waals surface area contributed by atoms with Crippen LogP contribution in [0.15, 0.2) is 46.9 Å². The summed E-state index contributed by atoms with van der Waals surface area (Å²) in [6.07, 6.45) is 0.460. The van der Waals surface area contributed by atoms with Crippen LogP contribution >= 0.6 is 23.2 Å². The molecule has 6 nitrogen and oxygen atoms in total. The van der Waals surface area contributed by atoms with Crippen molar-refractivity contribution >= 4 is 40.1 Å². The number of aryl methyl sites for hydroxylation is 2. The van der Waals surface area contributed by atoms with Gasteiger partial charge in [0.1, 0.15) is 23.7 Å². The third kappa shape index (κ3) is 5.00. The van der Waals surface area contributed by atoms with E-state index in [-0.39, 0.29) is 23.6 Å². The first-order valence-corrected chi connectivity index (χ1v) is 13.0. The smallest absolute Gasteiger partial charge is 0.256 e. The van der Waals surface area contributed by atoms with Gasteiger partial charge in [0.25, 0.3) is 5.91 Å². The Kier molecular flexibility index (Phi) is 7.06. The lowest BCUT2D eigenvalue weighted by atomic mass is 9.97. The molecule has 1 aliphatic rings. The predicted octanol–water partition coefficient (Wildman–Crippen LogP) is 7.32. The highest BCUT2D eigenvalue weighted by atomic mass is 35.5. The summed E-state index contributed by atoms with van der Waals surface area (Å²) in [6.45, 7) is 8.69. The molecule has 0 N–H and O–H groups in total. The topological polar surface area (TPSA) is 64.8 Å². The lowest BCUT2D eigenvalue weighted by Crippen LogP contribution is -2.37. The molecule has 1 amide bonds. The van der Waals surface area contributed by atoms with Crippen LogP contribution < -0.4 is 9.47 Å². The van der Waals surface area contributed by atoms with Crippen molar-refractivity contribution in [2.24, 2.45) is 0 Å². The van der Waals surface area contributed by atoms with E-state index in [4.69, 9.17) is 42.1 Å². The summed E-state index contributed by atoms with van der Waals surface area (Å²) in [5, 5.41) is 1.67. The minimum absolute atomic E-state index is 0.111. The third-order valence-electron chi connectivity index (χ3n) is 6.39. The Morgan fingerprint density at radius 2 is 1.89 bits per heavy atom. The molecular weight excluding hydrogens is 511 g/mol. The number of amides is 1. The summed E-state index contributed by atoms with van der Waals surface area (Å²) in [5.74, 6) is 1.40. The Hall–Kier alpha value is -3.22. The van der Waals surface area contributed by atoms with Crippen molar-refractivity contribution in [3.63, 3.8) is 0 Å². The van der Waals surface area contributed by atoms with E-state index < -0.39 is 0 Å². The van der Waals surface area contributed by atoms with Crippen molar-refractivity contribution in [2.75, 3.05) is 6.54 Å². The van der Waals surface area contributed by atoms with Crippen molar-refractivity contribution in [1.82, 2.24) is 9.88 Å². The number of fused-ring (bicyclic) bond motifs is 2. The van der Waals surface area contributed by atoms with E-state index in [1.165, 1.54) is 0 Å². The van der Waals surface area contributed by atoms with E-state index in [0.29, 0.717) is 47.4 Å². The molecule has 0 bridgehead atoms. The normalized spacial score (nSPS) is 13.4. The first kappa shape index (κ1) is 25.4. The molecule has 2 aromatic heterocycles. The third-order valence-corrected chi connectivity index (χ3v) is 7.11. The van der Waals surface area contributed by atoms with Gasteiger partial charge >= 0.3 is 0 Å². The number of aromatic nitrogens is 1. The molecule has 3 heterocycles. The lowest BCUT2D eigenvalue weighted by molar-refractivity contribution is 0.0724. The molecule has 0 saturated carbocycles. The predicted molar refractivity (Wildman–Crippen MR) is 145 cm³/mol. The Labute approximate surface area is 226 Å². The molecule has 8 heteroatoms. The molecule has 0 radical (unpaired) electrons. The second kappa shape index (κ2) is 10.3. The molecule has 0 saturated heterocycles. The summed E-state index contributed by atoms with van der Waals surface area (Å²) in [7, 11) is 0. The molecule has 192 valence electrons. The number of carbonyl (C=O) groups excluding carboxylic acids is 1. The molecule has 0 unspecified atom stereocenters. The number of carbonyl (C=O) groups is 1. The molecular formula is C29H28Cl2N2O4.